The second kappa shape index (κ2) is 6.25. The predicted molar refractivity (Wildman–Crippen MR) is 74.9 cm³/mol. The summed E-state index contributed by atoms with van der Waals surface area (Å²) in [5.74, 6) is 0. The van der Waals surface area contributed by atoms with Gasteiger partial charge in [-0.05, 0) is 11.6 Å². The second-order valence-electron chi connectivity index (χ2n) is 3.71. The molecule has 0 atom stereocenters. The van der Waals surface area contributed by atoms with Gasteiger partial charge in [-0.25, -0.2) is 4.98 Å². The van der Waals surface area contributed by atoms with Crippen molar-refractivity contribution in [2.75, 3.05) is 5.73 Å². The molecule has 3 N–H and O–H groups in total. The van der Waals surface area contributed by atoms with E-state index < -0.39 is 0 Å². The number of benzene rings is 2. The molecule has 90 valence electrons. The van der Waals surface area contributed by atoms with Crippen LogP contribution in [0.15, 0.2) is 73.3 Å². The van der Waals surface area contributed by atoms with E-state index in [1.165, 1.54) is 5.56 Å². The van der Waals surface area contributed by atoms with Crippen LogP contribution in [0.5, 0.6) is 0 Å². The van der Waals surface area contributed by atoms with Crippen LogP contribution in [0, 0.1) is 0 Å². The van der Waals surface area contributed by atoms with Gasteiger partial charge in [-0.15, -0.1) is 0 Å². The van der Waals surface area contributed by atoms with E-state index in [1.807, 2.05) is 42.5 Å². The number of rotatable bonds is 1. The minimum atomic E-state index is 0.828. The van der Waals surface area contributed by atoms with Crippen LogP contribution in [-0.2, 0) is 0 Å². The summed E-state index contributed by atoms with van der Waals surface area (Å²) in [6, 6.07) is 18.1. The normalized spacial score (nSPS) is 9.33. The van der Waals surface area contributed by atoms with E-state index >= 15 is 0 Å². The van der Waals surface area contributed by atoms with Crippen LogP contribution < -0.4 is 5.73 Å². The lowest BCUT2D eigenvalue weighted by Gasteiger charge is -2.03. The topological polar surface area (TPSA) is 54.7 Å². The van der Waals surface area contributed by atoms with Crippen molar-refractivity contribution in [1.29, 1.82) is 0 Å². The Bertz CT molecular complexity index is 542. The van der Waals surface area contributed by atoms with Crippen LogP contribution >= 0.6 is 0 Å². The Hall–Kier alpha value is -2.55. The average molecular weight is 237 g/mol. The molecule has 3 aromatic rings. The molecular formula is C15H15N3. The maximum Gasteiger partial charge on any atom is 0.0919 e. The van der Waals surface area contributed by atoms with Crippen LogP contribution in [0.1, 0.15) is 0 Å². The van der Waals surface area contributed by atoms with Crippen molar-refractivity contribution in [3.8, 4) is 11.1 Å². The first-order valence-electron chi connectivity index (χ1n) is 5.70. The van der Waals surface area contributed by atoms with Gasteiger partial charge in [0, 0.05) is 23.6 Å². The smallest absolute Gasteiger partial charge is 0.0919 e. The molecule has 0 bridgehead atoms. The lowest BCUT2D eigenvalue weighted by Crippen LogP contribution is -1.88. The Labute approximate surface area is 106 Å². The number of hydrogen-bond donors (Lipinski definition) is 2. The van der Waals surface area contributed by atoms with Crippen molar-refractivity contribution in [3.63, 3.8) is 0 Å². The number of H-pyrrole nitrogens is 1. The quantitative estimate of drug-likeness (QED) is 0.638. The Kier molecular flexibility index (Phi) is 4.14. The fourth-order valence-corrected chi connectivity index (χ4v) is 1.59. The summed E-state index contributed by atoms with van der Waals surface area (Å²) < 4.78 is 0. The molecule has 18 heavy (non-hydrogen) atoms. The number of aromatic amines is 1. The summed E-state index contributed by atoms with van der Waals surface area (Å²) in [6.07, 6.45) is 5.08. The number of nitrogens with two attached hydrogens (primary N) is 1. The first-order valence-corrected chi connectivity index (χ1v) is 5.70. The minimum Gasteiger partial charge on any atom is -0.398 e. The first-order chi connectivity index (χ1) is 8.88. The molecule has 0 amide bonds. The van der Waals surface area contributed by atoms with E-state index in [-0.39, 0.29) is 0 Å². The highest BCUT2D eigenvalue weighted by Crippen LogP contribution is 2.24. The van der Waals surface area contributed by atoms with Gasteiger partial charge in [0.05, 0.1) is 6.33 Å². The van der Waals surface area contributed by atoms with Gasteiger partial charge in [-0.3, -0.25) is 0 Å². The van der Waals surface area contributed by atoms with Crippen molar-refractivity contribution >= 4 is 5.69 Å². The van der Waals surface area contributed by atoms with Gasteiger partial charge < -0.3 is 10.7 Å². The van der Waals surface area contributed by atoms with Crippen molar-refractivity contribution in [1.82, 2.24) is 9.97 Å². The van der Waals surface area contributed by atoms with E-state index in [0.29, 0.717) is 0 Å². The molecule has 0 aliphatic heterocycles. The number of nitrogens with one attached hydrogen (secondary N) is 1. The highest BCUT2D eigenvalue weighted by Gasteiger charge is 1.98. The summed E-state index contributed by atoms with van der Waals surface area (Å²) >= 11 is 0. The molecule has 0 unspecified atom stereocenters. The Morgan fingerprint density at radius 3 is 2.17 bits per heavy atom. The molecule has 0 saturated carbocycles. The SMILES string of the molecule is Nc1ccccc1-c1ccccc1.c1c[nH]cn1. The van der Waals surface area contributed by atoms with Gasteiger partial charge in [0.2, 0.25) is 0 Å². The third kappa shape index (κ3) is 3.22. The lowest BCUT2D eigenvalue weighted by atomic mass is 10.0. The third-order valence-corrected chi connectivity index (χ3v) is 2.45. The highest BCUT2D eigenvalue weighted by atomic mass is 14.8. The number of anilines is 1. The molecular weight excluding hydrogens is 222 g/mol. The Balaban J connectivity index is 0.000000202. The minimum absolute atomic E-state index is 0.828. The van der Waals surface area contributed by atoms with Gasteiger partial charge in [-0.2, -0.15) is 0 Å². The van der Waals surface area contributed by atoms with Crippen molar-refractivity contribution in [3.05, 3.63) is 73.3 Å². The molecule has 0 radical (unpaired) electrons. The van der Waals surface area contributed by atoms with Gasteiger partial charge in [0.15, 0.2) is 0 Å². The standard InChI is InChI=1S/C12H11N.C3H4N2/c13-12-9-5-4-8-11(12)10-6-2-1-3-7-10;1-2-5-3-4-1/h1-9H,13H2;1-3H,(H,4,5). The lowest BCUT2D eigenvalue weighted by molar-refractivity contribution is 1.31. The zero-order valence-electron chi connectivity index (χ0n) is 9.95. The molecule has 3 rings (SSSR count). The molecule has 1 heterocycles. The van der Waals surface area contributed by atoms with Gasteiger partial charge >= 0.3 is 0 Å². The van der Waals surface area contributed by atoms with Crippen LogP contribution in [0.3, 0.4) is 0 Å². The van der Waals surface area contributed by atoms with E-state index in [9.17, 15) is 0 Å². The van der Waals surface area contributed by atoms with Crippen LogP contribution in [0.4, 0.5) is 5.69 Å². The number of nitrogen functional groups attached to an aromatic ring is 1. The fourth-order valence-electron chi connectivity index (χ4n) is 1.59. The van der Waals surface area contributed by atoms with Crippen molar-refractivity contribution in [2.45, 2.75) is 0 Å². The summed E-state index contributed by atoms with van der Waals surface area (Å²) in [6.45, 7) is 0. The average Bonchev–Trinajstić information content (AvgIpc) is 2.99. The van der Waals surface area contributed by atoms with E-state index in [2.05, 4.69) is 22.1 Å². The van der Waals surface area contributed by atoms with E-state index in [4.69, 9.17) is 5.73 Å². The van der Waals surface area contributed by atoms with Gasteiger partial charge in [0.25, 0.3) is 0 Å². The van der Waals surface area contributed by atoms with Crippen LogP contribution in [0.25, 0.3) is 11.1 Å². The summed E-state index contributed by atoms with van der Waals surface area (Å²) in [7, 11) is 0. The molecule has 2 aromatic carbocycles. The number of imidazole rings is 1. The predicted octanol–water partition coefficient (Wildman–Crippen LogP) is 3.35. The number of para-hydroxylation sites is 1. The number of hydrogen-bond acceptors (Lipinski definition) is 2. The largest absolute Gasteiger partial charge is 0.398 e. The first kappa shape index (κ1) is 11.9. The van der Waals surface area contributed by atoms with Gasteiger partial charge in [-0.1, -0.05) is 48.5 Å². The molecule has 0 fully saturated rings. The second-order valence-corrected chi connectivity index (χ2v) is 3.71. The number of aromatic nitrogens is 2. The van der Waals surface area contributed by atoms with Gasteiger partial charge in [0.1, 0.15) is 0 Å². The third-order valence-electron chi connectivity index (χ3n) is 2.45. The summed E-state index contributed by atoms with van der Waals surface area (Å²) in [4.78, 5) is 6.42. The highest BCUT2D eigenvalue weighted by molar-refractivity contribution is 5.75. The van der Waals surface area contributed by atoms with E-state index in [1.54, 1.807) is 18.7 Å². The molecule has 0 aliphatic rings. The fraction of sp³-hybridized carbons (Fsp3) is 0. The molecule has 0 saturated heterocycles. The molecule has 0 spiro atoms. The molecule has 3 heteroatoms. The maximum absolute atomic E-state index is 5.85. The molecule has 0 aliphatic carbocycles. The van der Waals surface area contributed by atoms with Crippen molar-refractivity contribution in [2.24, 2.45) is 0 Å². The summed E-state index contributed by atoms with van der Waals surface area (Å²) in [5.41, 5.74) is 8.95. The van der Waals surface area contributed by atoms with Crippen molar-refractivity contribution < 1.29 is 0 Å². The number of nitrogens with zero attached hydrogens (tertiary/aromatic N) is 1. The molecule has 3 nitrogen and oxygen atoms in total. The maximum atomic E-state index is 5.85. The monoisotopic (exact) mass is 237 g/mol. The summed E-state index contributed by atoms with van der Waals surface area (Å²) in [5, 5.41) is 0. The van der Waals surface area contributed by atoms with Crippen LogP contribution in [0.2, 0.25) is 0 Å². The van der Waals surface area contributed by atoms with E-state index in [0.717, 1.165) is 11.3 Å². The Morgan fingerprint density at radius 2 is 1.61 bits per heavy atom. The van der Waals surface area contributed by atoms with Crippen LogP contribution in [-0.4, -0.2) is 9.97 Å². The Morgan fingerprint density at radius 1 is 0.889 bits per heavy atom. The zero-order valence-corrected chi connectivity index (χ0v) is 9.95. The molecule has 1 aromatic heterocycles. The zero-order chi connectivity index (χ0) is 12.6.